The van der Waals surface area contributed by atoms with Gasteiger partial charge in [0.25, 0.3) is 0 Å². The third-order valence-electron chi connectivity index (χ3n) is 4.74. The van der Waals surface area contributed by atoms with Crippen LogP contribution in [0, 0.1) is 0 Å². The number of hydrogen-bond donors (Lipinski definition) is 0. The van der Waals surface area contributed by atoms with Gasteiger partial charge in [0.1, 0.15) is 0 Å². The summed E-state index contributed by atoms with van der Waals surface area (Å²) in [5, 5.41) is 0. The van der Waals surface area contributed by atoms with Gasteiger partial charge in [-0.3, -0.25) is 0 Å². The van der Waals surface area contributed by atoms with Crippen LogP contribution in [0.25, 0.3) is 0 Å². The molecule has 0 aliphatic rings. The van der Waals surface area contributed by atoms with Gasteiger partial charge < -0.3 is 4.74 Å². The zero-order chi connectivity index (χ0) is 19.1. The average molecular weight is 373 g/mol. The predicted molar refractivity (Wildman–Crippen MR) is 113 cm³/mol. The van der Waals surface area contributed by atoms with E-state index in [-0.39, 0.29) is 0 Å². The predicted octanol–water partition coefficient (Wildman–Crippen LogP) is 7.62. The van der Waals surface area contributed by atoms with Gasteiger partial charge >= 0.3 is 0 Å². The van der Waals surface area contributed by atoms with E-state index in [1.165, 1.54) is 89.9 Å². The highest BCUT2D eigenvalue weighted by Gasteiger charge is 1.96. The molecule has 26 heavy (non-hydrogen) atoms. The maximum atomic E-state index is 5.56. The van der Waals surface area contributed by atoms with Gasteiger partial charge in [-0.15, -0.1) is 0 Å². The lowest BCUT2D eigenvalue weighted by Gasteiger charge is -2.07. The Labute approximate surface area is 164 Å². The third kappa shape index (κ3) is 23.9. The number of unbranched alkanes of at least 4 members (excludes halogenated alkanes) is 14. The van der Waals surface area contributed by atoms with Gasteiger partial charge in [-0.1, -0.05) is 90.4 Å². The van der Waals surface area contributed by atoms with Crippen LogP contribution in [0.15, 0.2) is 0 Å². The summed E-state index contributed by atoms with van der Waals surface area (Å²) in [5.41, 5.74) is 0. The zero-order valence-electron chi connectivity index (χ0n) is 18.2. The van der Waals surface area contributed by atoms with Gasteiger partial charge in [-0.2, -0.15) is 0 Å². The highest BCUT2D eigenvalue weighted by molar-refractivity contribution is 4.48. The molecule has 0 aromatic rings. The molecule has 0 atom stereocenters. The fourth-order valence-corrected chi connectivity index (χ4v) is 3.06. The molecule has 0 saturated carbocycles. The zero-order valence-corrected chi connectivity index (χ0v) is 18.2. The lowest BCUT2D eigenvalue weighted by atomic mass is 10.1. The molecule has 3 nitrogen and oxygen atoms in total. The Morgan fingerprint density at radius 2 is 0.808 bits per heavy atom. The molecular formula is C23H48O3. The summed E-state index contributed by atoms with van der Waals surface area (Å²) in [5.74, 6) is 0. The Hall–Kier alpha value is -0.120. The Morgan fingerprint density at radius 1 is 0.462 bits per heavy atom. The topological polar surface area (TPSA) is 27.7 Å². The largest absolute Gasteiger partial charge is 0.379 e. The van der Waals surface area contributed by atoms with Crippen LogP contribution in [0.2, 0.25) is 0 Å². The van der Waals surface area contributed by atoms with E-state index in [0.29, 0.717) is 6.10 Å². The number of hydrogen-bond acceptors (Lipinski definition) is 3. The van der Waals surface area contributed by atoms with E-state index >= 15 is 0 Å². The van der Waals surface area contributed by atoms with Crippen LogP contribution in [0.1, 0.15) is 124 Å². The number of ether oxygens (including phenoxy) is 1. The minimum Gasteiger partial charge on any atom is -0.379 e. The summed E-state index contributed by atoms with van der Waals surface area (Å²) >= 11 is 0. The van der Waals surface area contributed by atoms with Crippen molar-refractivity contribution in [2.45, 2.75) is 130 Å². The highest BCUT2D eigenvalue weighted by atomic mass is 17.2. The summed E-state index contributed by atoms with van der Waals surface area (Å²) in [6.07, 6.45) is 21.4. The van der Waals surface area contributed by atoms with Crippen molar-refractivity contribution < 1.29 is 14.5 Å². The first-order valence-corrected chi connectivity index (χ1v) is 11.6. The van der Waals surface area contributed by atoms with Crippen LogP contribution in [-0.4, -0.2) is 25.9 Å². The van der Waals surface area contributed by atoms with Crippen LogP contribution >= 0.6 is 0 Å². The van der Waals surface area contributed by atoms with Gasteiger partial charge in [0.15, 0.2) is 0 Å². The molecule has 0 N–H and O–H groups in total. The third-order valence-corrected chi connectivity index (χ3v) is 4.74. The van der Waals surface area contributed by atoms with Crippen molar-refractivity contribution in [2.75, 3.05) is 19.8 Å². The molecule has 0 aliphatic carbocycles. The normalized spacial score (nSPS) is 11.5. The van der Waals surface area contributed by atoms with E-state index in [0.717, 1.165) is 32.7 Å². The van der Waals surface area contributed by atoms with Crippen LogP contribution in [0.4, 0.5) is 0 Å². The van der Waals surface area contributed by atoms with Gasteiger partial charge in [0, 0.05) is 6.61 Å². The SMILES string of the molecule is CCCCCCCCOOCCCCCCCCCCCCOC(C)C. The summed E-state index contributed by atoms with van der Waals surface area (Å²) in [7, 11) is 0. The van der Waals surface area contributed by atoms with Crippen LogP contribution < -0.4 is 0 Å². The van der Waals surface area contributed by atoms with E-state index in [1.807, 2.05) is 0 Å². The summed E-state index contributed by atoms with van der Waals surface area (Å²) in [4.78, 5) is 10.5. The van der Waals surface area contributed by atoms with Crippen LogP contribution in [-0.2, 0) is 14.5 Å². The van der Waals surface area contributed by atoms with Crippen molar-refractivity contribution in [3.63, 3.8) is 0 Å². The van der Waals surface area contributed by atoms with E-state index in [4.69, 9.17) is 14.5 Å². The number of rotatable bonds is 22. The Bertz CT molecular complexity index is 244. The Balaban J connectivity index is 2.97. The van der Waals surface area contributed by atoms with E-state index < -0.39 is 0 Å². The lowest BCUT2D eigenvalue weighted by molar-refractivity contribution is -0.295. The van der Waals surface area contributed by atoms with Crippen molar-refractivity contribution in [2.24, 2.45) is 0 Å². The molecule has 0 amide bonds. The maximum Gasteiger partial charge on any atom is 0.0822 e. The van der Waals surface area contributed by atoms with Crippen molar-refractivity contribution >= 4 is 0 Å². The van der Waals surface area contributed by atoms with Crippen LogP contribution in [0.5, 0.6) is 0 Å². The molecule has 0 aromatic heterocycles. The molecule has 0 aliphatic heterocycles. The van der Waals surface area contributed by atoms with Gasteiger partial charge in [-0.25, -0.2) is 9.78 Å². The van der Waals surface area contributed by atoms with E-state index in [1.54, 1.807) is 0 Å². The second-order valence-electron chi connectivity index (χ2n) is 7.87. The monoisotopic (exact) mass is 372 g/mol. The minimum atomic E-state index is 0.382. The first-order chi connectivity index (χ1) is 12.8. The van der Waals surface area contributed by atoms with Crippen molar-refractivity contribution in [1.29, 1.82) is 0 Å². The second kappa shape index (κ2) is 22.9. The lowest BCUT2D eigenvalue weighted by Crippen LogP contribution is -2.03. The van der Waals surface area contributed by atoms with Gasteiger partial charge in [0.2, 0.25) is 0 Å². The smallest absolute Gasteiger partial charge is 0.0822 e. The summed E-state index contributed by atoms with van der Waals surface area (Å²) in [6, 6.07) is 0. The molecule has 3 heteroatoms. The van der Waals surface area contributed by atoms with Crippen molar-refractivity contribution in [3.8, 4) is 0 Å². The molecular weight excluding hydrogens is 324 g/mol. The molecule has 0 aromatic carbocycles. The van der Waals surface area contributed by atoms with E-state index in [2.05, 4.69) is 20.8 Å². The highest BCUT2D eigenvalue weighted by Crippen LogP contribution is 2.11. The Morgan fingerprint density at radius 3 is 1.19 bits per heavy atom. The minimum absolute atomic E-state index is 0.382. The summed E-state index contributed by atoms with van der Waals surface area (Å²) in [6.45, 7) is 8.92. The van der Waals surface area contributed by atoms with E-state index in [9.17, 15) is 0 Å². The molecule has 0 spiro atoms. The molecule has 0 radical (unpaired) electrons. The summed E-state index contributed by atoms with van der Waals surface area (Å²) < 4.78 is 5.56. The second-order valence-corrected chi connectivity index (χ2v) is 7.87. The van der Waals surface area contributed by atoms with Crippen molar-refractivity contribution in [1.82, 2.24) is 0 Å². The maximum absolute atomic E-state index is 5.56. The fourth-order valence-electron chi connectivity index (χ4n) is 3.06. The quantitative estimate of drug-likeness (QED) is 0.111. The molecule has 0 unspecified atom stereocenters. The molecule has 158 valence electrons. The molecule has 0 fully saturated rings. The molecule has 0 rings (SSSR count). The average Bonchev–Trinajstić information content (AvgIpc) is 2.62. The fraction of sp³-hybridized carbons (Fsp3) is 1.00. The molecule has 0 bridgehead atoms. The molecule has 0 heterocycles. The molecule has 0 saturated heterocycles. The first-order valence-electron chi connectivity index (χ1n) is 11.6. The Kier molecular flexibility index (Phi) is 22.8. The van der Waals surface area contributed by atoms with Gasteiger partial charge in [-0.05, 0) is 33.1 Å². The standard InChI is InChI=1S/C23H48O3/c1-4-5-6-7-15-18-21-25-26-22-19-16-13-11-9-8-10-12-14-17-20-24-23(2)3/h23H,4-22H2,1-3H3. The van der Waals surface area contributed by atoms with Gasteiger partial charge in [0.05, 0.1) is 19.3 Å². The first kappa shape index (κ1) is 25.9. The van der Waals surface area contributed by atoms with Crippen molar-refractivity contribution in [3.05, 3.63) is 0 Å². The van der Waals surface area contributed by atoms with Crippen LogP contribution in [0.3, 0.4) is 0 Å².